The number of alkyl halides is 1. The van der Waals surface area contributed by atoms with Crippen molar-refractivity contribution >= 4 is 33.2 Å². The quantitative estimate of drug-likeness (QED) is 0.765. The van der Waals surface area contributed by atoms with Crippen LogP contribution in [0.5, 0.6) is 0 Å². The maximum absolute atomic E-state index is 12.7. The maximum Gasteiger partial charge on any atom is 0.243 e. The van der Waals surface area contributed by atoms with Crippen LogP contribution in [0.1, 0.15) is 24.0 Å². The van der Waals surface area contributed by atoms with E-state index in [4.69, 9.17) is 27.9 Å². The Morgan fingerprint density at radius 3 is 2.71 bits per heavy atom. The lowest BCUT2D eigenvalue weighted by molar-refractivity contribution is 0.0979. The van der Waals surface area contributed by atoms with Crippen LogP contribution in [0.4, 0.5) is 0 Å². The summed E-state index contributed by atoms with van der Waals surface area (Å²) in [6.45, 7) is 2.80. The Labute approximate surface area is 136 Å². The van der Waals surface area contributed by atoms with Gasteiger partial charge in [-0.05, 0) is 43.0 Å². The zero-order valence-electron chi connectivity index (χ0n) is 12.1. The molecule has 0 saturated carbocycles. The molecule has 1 saturated heterocycles. The molecule has 7 heteroatoms. The molecule has 1 heterocycles. The third kappa shape index (κ3) is 3.71. The van der Waals surface area contributed by atoms with E-state index in [1.165, 1.54) is 10.4 Å². The molecular formula is C14H19Cl2NO3S. The van der Waals surface area contributed by atoms with Gasteiger partial charge in [-0.15, -0.1) is 11.6 Å². The minimum atomic E-state index is -3.60. The number of hydrogen-bond donors (Lipinski definition) is 0. The molecule has 0 spiro atoms. The Balaban J connectivity index is 2.32. The summed E-state index contributed by atoms with van der Waals surface area (Å²) in [5, 5.41) is 0.375. The van der Waals surface area contributed by atoms with Gasteiger partial charge in [-0.1, -0.05) is 11.6 Å². The number of hydrogen-bond acceptors (Lipinski definition) is 3. The molecule has 1 aliphatic rings. The molecule has 2 rings (SSSR count). The molecule has 1 aromatic rings. The molecule has 1 unspecified atom stereocenters. The highest BCUT2D eigenvalue weighted by Gasteiger charge is 2.28. The van der Waals surface area contributed by atoms with Crippen LogP contribution in [0.15, 0.2) is 17.0 Å². The average molecular weight is 352 g/mol. The van der Waals surface area contributed by atoms with Crippen LogP contribution >= 0.6 is 23.2 Å². The van der Waals surface area contributed by atoms with E-state index in [2.05, 4.69) is 0 Å². The van der Waals surface area contributed by atoms with Gasteiger partial charge in [-0.3, -0.25) is 0 Å². The van der Waals surface area contributed by atoms with E-state index in [1.54, 1.807) is 20.0 Å². The van der Waals surface area contributed by atoms with Crippen LogP contribution < -0.4 is 0 Å². The molecule has 0 aromatic heterocycles. The van der Waals surface area contributed by atoms with Crippen LogP contribution in [0.3, 0.4) is 0 Å². The molecule has 1 aromatic carbocycles. The second-order valence-corrected chi connectivity index (χ2v) is 7.96. The van der Waals surface area contributed by atoms with Crippen molar-refractivity contribution in [3.05, 3.63) is 28.3 Å². The lowest BCUT2D eigenvalue weighted by Gasteiger charge is -2.22. The predicted octanol–water partition coefficient (Wildman–Crippen LogP) is 3.19. The maximum atomic E-state index is 12.7. The highest BCUT2D eigenvalue weighted by Crippen LogP contribution is 2.28. The Kier molecular flexibility index (Phi) is 5.54. The van der Waals surface area contributed by atoms with E-state index in [1.807, 2.05) is 0 Å². The number of rotatable bonds is 5. The number of benzene rings is 1. The molecule has 4 nitrogen and oxygen atoms in total. The first kappa shape index (κ1) is 17.0. The highest BCUT2D eigenvalue weighted by molar-refractivity contribution is 7.89. The molecule has 21 heavy (non-hydrogen) atoms. The number of likely N-dealkylation sites (N-methyl/N-ethyl adjacent to an activating group) is 1. The van der Waals surface area contributed by atoms with Gasteiger partial charge in [0.1, 0.15) is 0 Å². The molecule has 1 aliphatic heterocycles. The van der Waals surface area contributed by atoms with Gasteiger partial charge in [-0.25, -0.2) is 8.42 Å². The molecule has 118 valence electrons. The van der Waals surface area contributed by atoms with Crippen molar-refractivity contribution in [3.8, 4) is 0 Å². The van der Waals surface area contributed by atoms with Gasteiger partial charge in [-0.2, -0.15) is 4.31 Å². The zero-order chi connectivity index (χ0) is 15.6. The van der Waals surface area contributed by atoms with Crippen molar-refractivity contribution in [2.24, 2.45) is 0 Å². The van der Waals surface area contributed by atoms with Gasteiger partial charge in [0.15, 0.2) is 0 Å². The van der Waals surface area contributed by atoms with Crippen molar-refractivity contribution in [2.75, 3.05) is 20.2 Å². The number of nitrogens with zero attached hydrogens (tertiary/aromatic N) is 1. The van der Waals surface area contributed by atoms with E-state index in [0.29, 0.717) is 23.7 Å². The fourth-order valence-electron chi connectivity index (χ4n) is 2.46. The zero-order valence-corrected chi connectivity index (χ0v) is 14.4. The molecule has 0 aliphatic carbocycles. The monoisotopic (exact) mass is 351 g/mol. The van der Waals surface area contributed by atoms with Gasteiger partial charge in [0.05, 0.1) is 11.0 Å². The third-order valence-corrected chi connectivity index (χ3v) is 6.21. The summed E-state index contributed by atoms with van der Waals surface area (Å²) in [6, 6.07) is 3.18. The average Bonchev–Trinajstić information content (AvgIpc) is 2.93. The smallest absolute Gasteiger partial charge is 0.243 e. The third-order valence-electron chi connectivity index (χ3n) is 3.75. The first-order chi connectivity index (χ1) is 9.86. The van der Waals surface area contributed by atoms with Gasteiger partial charge in [0.2, 0.25) is 10.0 Å². The van der Waals surface area contributed by atoms with Gasteiger partial charge in [0, 0.05) is 31.1 Å². The van der Waals surface area contributed by atoms with E-state index in [-0.39, 0.29) is 16.9 Å². The molecule has 0 N–H and O–H groups in total. The lowest BCUT2D eigenvalue weighted by Crippen LogP contribution is -2.34. The summed E-state index contributed by atoms with van der Waals surface area (Å²) in [5.74, 6) is 0.227. The summed E-state index contributed by atoms with van der Waals surface area (Å²) in [7, 11) is -2.03. The van der Waals surface area contributed by atoms with E-state index < -0.39 is 10.0 Å². The first-order valence-electron chi connectivity index (χ1n) is 6.79. The normalized spacial score (nSPS) is 19.4. The van der Waals surface area contributed by atoms with Crippen molar-refractivity contribution in [2.45, 2.75) is 36.6 Å². The van der Waals surface area contributed by atoms with Crippen LogP contribution in [0.25, 0.3) is 0 Å². The topological polar surface area (TPSA) is 46.6 Å². The van der Waals surface area contributed by atoms with E-state index in [0.717, 1.165) is 18.4 Å². The summed E-state index contributed by atoms with van der Waals surface area (Å²) in [4.78, 5) is 0.214. The van der Waals surface area contributed by atoms with E-state index in [9.17, 15) is 8.42 Å². The van der Waals surface area contributed by atoms with Crippen LogP contribution in [0, 0.1) is 6.92 Å². The molecular weight excluding hydrogens is 333 g/mol. The van der Waals surface area contributed by atoms with Crippen molar-refractivity contribution < 1.29 is 13.2 Å². The van der Waals surface area contributed by atoms with E-state index >= 15 is 0 Å². The van der Waals surface area contributed by atoms with Gasteiger partial charge >= 0.3 is 0 Å². The standard InChI is InChI=1S/C14H19Cl2NO3S/c1-10-11(8-15)6-12(16)7-14(10)21(18,19)17(2)9-13-4-3-5-20-13/h6-7,13H,3-5,8-9H2,1-2H3. The second kappa shape index (κ2) is 6.84. The van der Waals surface area contributed by atoms with Crippen LogP contribution in [-0.4, -0.2) is 39.0 Å². The minimum Gasteiger partial charge on any atom is -0.377 e. The summed E-state index contributed by atoms with van der Waals surface area (Å²) >= 11 is 11.9. The summed E-state index contributed by atoms with van der Waals surface area (Å²) < 4.78 is 32.3. The second-order valence-electron chi connectivity index (χ2n) is 5.24. The lowest BCUT2D eigenvalue weighted by atomic mass is 10.1. The largest absolute Gasteiger partial charge is 0.377 e. The van der Waals surface area contributed by atoms with Crippen molar-refractivity contribution in [1.82, 2.24) is 4.31 Å². The van der Waals surface area contributed by atoms with Crippen molar-refractivity contribution in [1.29, 1.82) is 0 Å². The van der Waals surface area contributed by atoms with Gasteiger partial charge in [0.25, 0.3) is 0 Å². The molecule has 1 fully saturated rings. The summed E-state index contributed by atoms with van der Waals surface area (Å²) in [6.07, 6.45) is 1.84. The molecule has 0 bridgehead atoms. The number of sulfonamides is 1. The highest BCUT2D eigenvalue weighted by atomic mass is 35.5. The van der Waals surface area contributed by atoms with Gasteiger partial charge < -0.3 is 4.74 Å². The fourth-order valence-corrected chi connectivity index (χ4v) is 4.53. The number of ether oxygens (including phenoxy) is 1. The summed E-state index contributed by atoms with van der Waals surface area (Å²) in [5.41, 5.74) is 1.38. The molecule has 1 atom stereocenters. The Morgan fingerprint density at radius 2 is 2.14 bits per heavy atom. The Bertz CT molecular complexity index is 613. The minimum absolute atomic E-state index is 0.0308. The van der Waals surface area contributed by atoms with Crippen LogP contribution in [-0.2, 0) is 20.6 Å². The SMILES string of the molecule is Cc1c(CCl)cc(Cl)cc1S(=O)(=O)N(C)CC1CCCO1. The first-order valence-corrected chi connectivity index (χ1v) is 9.14. The fraction of sp³-hybridized carbons (Fsp3) is 0.571. The molecule has 0 amide bonds. The number of halogens is 2. The predicted molar refractivity (Wildman–Crippen MR) is 84.5 cm³/mol. The molecule has 0 radical (unpaired) electrons. The van der Waals surface area contributed by atoms with Crippen LogP contribution in [0.2, 0.25) is 5.02 Å². The Hall–Kier alpha value is -0.330. The Morgan fingerprint density at radius 1 is 1.43 bits per heavy atom. The van der Waals surface area contributed by atoms with Crippen molar-refractivity contribution in [3.63, 3.8) is 0 Å².